The van der Waals surface area contributed by atoms with Crippen LogP contribution in [0.2, 0.25) is 5.15 Å². The highest BCUT2D eigenvalue weighted by atomic mass is 35.5. The number of carboxylic acids is 1. The Morgan fingerprint density at radius 2 is 1.74 bits per heavy atom. The molecule has 3 N–H and O–H groups in total. The van der Waals surface area contributed by atoms with E-state index in [1.54, 1.807) is 41.0 Å². The van der Waals surface area contributed by atoms with Crippen molar-refractivity contribution in [3.8, 4) is 11.5 Å². The minimum atomic E-state index is -1.03. The molecule has 0 unspecified atom stereocenters. The van der Waals surface area contributed by atoms with Gasteiger partial charge in [0.1, 0.15) is 16.7 Å². The van der Waals surface area contributed by atoms with Crippen molar-refractivity contribution in [1.82, 2.24) is 4.57 Å². The van der Waals surface area contributed by atoms with Crippen molar-refractivity contribution in [2.24, 2.45) is 0 Å². The van der Waals surface area contributed by atoms with Crippen molar-refractivity contribution in [1.29, 1.82) is 0 Å². The number of aromatic hydroxyl groups is 2. The highest BCUT2D eigenvalue weighted by Crippen LogP contribution is 2.37. The van der Waals surface area contributed by atoms with Gasteiger partial charge in [0, 0.05) is 16.5 Å². The van der Waals surface area contributed by atoms with Crippen LogP contribution in [-0.2, 0) is 17.8 Å². The van der Waals surface area contributed by atoms with Gasteiger partial charge in [-0.05, 0) is 18.2 Å². The largest absolute Gasteiger partial charge is 0.508 e. The monoisotopic (exact) mass is 331 g/mol. The van der Waals surface area contributed by atoms with Crippen LogP contribution in [0.5, 0.6) is 11.5 Å². The molecule has 0 aliphatic rings. The summed E-state index contributed by atoms with van der Waals surface area (Å²) in [5.74, 6) is -0.918. The van der Waals surface area contributed by atoms with E-state index in [9.17, 15) is 15.0 Å². The van der Waals surface area contributed by atoms with E-state index < -0.39 is 5.97 Å². The molecular weight excluding hydrogens is 318 g/mol. The third-order valence-corrected chi connectivity index (χ3v) is 4.18. The fourth-order valence-electron chi connectivity index (χ4n) is 2.72. The standard InChI is InChI=1S/C17H14ClNO4/c18-17-11(8-15(22)23)16-12(5-3-7-14(16)21)19(17)9-10-4-1-2-6-13(10)20/h1-7,20-21H,8-9H2,(H,22,23). The summed E-state index contributed by atoms with van der Waals surface area (Å²) < 4.78 is 1.68. The number of carboxylic acid groups (broad SMARTS) is 1. The molecule has 2 aromatic carbocycles. The van der Waals surface area contributed by atoms with Gasteiger partial charge in [0.25, 0.3) is 0 Å². The van der Waals surface area contributed by atoms with Crippen LogP contribution < -0.4 is 0 Å². The zero-order valence-corrected chi connectivity index (χ0v) is 12.8. The molecule has 5 nitrogen and oxygen atoms in total. The number of benzene rings is 2. The maximum absolute atomic E-state index is 11.1. The van der Waals surface area contributed by atoms with E-state index in [1.165, 1.54) is 6.07 Å². The van der Waals surface area contributed by atoms with Gasteiger partial charge in [-0.15, -0.1) is 0 Å². The van der Waals surface area contributed by atoms with Gasteiger partial charge in [0.2, 0.25) is 0 Å². The molecule has 0 amide bonds. The third kappa shape index (κ3) is 2.71. The number of aliphatic carboxylic acids is 1. The van der Waals surface area contributed by atoms with Gasteiger partial charge >= 0.3 is 5.97 Å². The molecule has 0 fully saturated rings. The van der Waals surface area contributed by atoms with E-state index in [2.05, 4.69) is 0 Å². The minimum Gasteiger partial charge on any atom is -0.508 e. The Morgan fingerprint density at radius 3 is 2.43 bits per heavy atom. The van der Waals surface area contributed by atoms with Gasteiger partial charge in [0.05, 0.1) is 18.5 Å². The summed E-state index contributed by atoms with van der Waals surface area (Å²) in [6, 6.07) is 11.8. The van der Waals surface area contributed by atoms with E-state index in [0.29, 0.717) is 22.0 Å². The summed E-state index contributed by atoms with van der Waals surface area (Å²) in [5, 5.41) is 29.8. The lowest BCUT2D eigenvalue weighted by Crippen LogP contribution is -2.02. The Hall–Kier alpha value is -2.66. The molecule has 0 aliphatic carbocycles. The molecule has 118 valence electrons. The molecule has 0 saturated carbocycles. The summed E-state index contributed by atoms with van der Waals surface area (Å²) in [5.41, 5.74) is 1.63. The first-order valence-corrected chi connectivity index (χ1v) is 7.34. The maximum atomic E-state index is 11.1. The van der Waals surface area contributed by atoms with Crippen LogP contribution in [0.15, 0.2) is 42.5 Å². The Kier molecular flexibility index (Phi) is 3.88. The molecule has 1 heterocycles. The van der Waals surface area contributed by atoms with Crippen molar-refractivity contribution < 1.29 is 20.1 Å². The second-order valence-corrected chi connectivity index (χ2v) is 5.58. The highest BCUT2D eigenvalue weighted by Gasteiger charge is 2.20. The minimum absolute atomic E-state index is 0.0170. The average molecular weight is 332 g/mol. The van der Waals surface area contributed by atoms with Gasteiger partial charge in [-0.2, -0.15) is 0 Å². The number of carbonyl (C=O) groups is 1. The topological polar surface area (TPSA) is 82.7 Å². The van der Waals surface area contributed by atoms with Gasteiger partial charge < -0.3 is 19.9 Å². The number of para-hydroxylation sites is 1. The first-order valence-electron chi connectivity index (χ1n) is 6.96. The molecule has 1 aromatic heterocycles. The molecule has 6 heteroatoms. The molecule has 3 aromatic rings. The van der Waals surface area contributed by atoms with E-state index >= 15 is 0 Å². The number of phenolic OH excluding ortho intramolecular Hbond substituents is 2. The summed E-state index contributed by atoms with van der Waals surface area (Å²) in [7, 11) is 0. The van der Waals surface area contributed by atoms with Gasteiger partial charge in [0.15, 0.2) is 0 Å². The van der Waals surface area contributed by atoms with Crippen molar-refractivity contribution >= 4 is 28.5 Å². The Bertz CT molecular complexity index is 901. The van der Waals surface area contributed by atoms with Crippen LogP contribution in [0.3, 0.4) is 0 Å². The zero-order valence-electron chi connectivity index (χ0n) is 12.0. The quantitative estimate of drug-likeness (QED) is 0.684. The SMILES string of the molecule is O=C(O)Cc1c(Cl)n(Cc2ccccc2O)c2cccc(O)c12. The molecule has 0 spiro atoms. The number of hydrogen-bond donors (Lipinski definition) is 3. The number of phenols is 2. The van der Waals surface area contributed by atoms with Crippen LogP contribution in [0.1, 0.15) is 11.1 Å². The lowest BCUT2D eigenvalue weighted by atomic mass is 10.1. The van der Waals surface area contributed by atoms with Crippen molar-refractivity contribution in [3.05, 3.63) is 58.7 Å². The Labute approximate surface area is 137 Å². The molecule has 0 bridgehead atoms. The maximum Gasteiger partial charge on any atom is 0.307 e. The van der Waals surface area contributed by atoms with Crippen LogP contribution in [0.25, 0.3) is 10.9 Å². The van der Waals surface area contributed by atoms with Crippen LogP contribution in [0.4, 0.5) is 0 Å². The second-order valence-electron chi connectivity index (χ2n) is 5.23. The number of aromatic nitrogens is 1. The fraction of sp³-hybridized carbons (Fsp3) is 0.118. The fourth-order valence-corrected chi connectivity index (χ4v) is 3.03. The third-order valence-electron chi connectivity index (χ3n) is 3.75. The lowest BCUT2D eigenvalue weighted by Gasteiger charge is -2.09. The molecule has 23 heavy (non-hydrogen) atoms. The normalized spacial score (nSPS) is 11.0. The Morgan fingerprint density at radius 1 is 1.04 bits per heavy atom. The highest BCUT2D eigenvalue weighted by molar-refractivity contribution is 6.32. The first-order chi connectivity index (χ1) is 11.0. The number of halogens is 1. The molecule has 0 atom stereocenters. The molecule has 0 saturated heterocycles. The zero-order chi connectivity index (χ0) is 16.6. The van der Waals surface area contributed by atoms with E-state index in [-0.39, 0.29) is 29.6 Å². The summed E-state index contributed by atoms with van der Waals surface area (Å²) >= 11 is 6.38. The summed E-state index contributed by atoms with van der Waals surface area (Å²) in [4.78, 5) is 11.1. The summed E-state index contributed by atoms with van der Waals surface area (Å²) in [6.07, 6.45) is -0.291. The van der Waals surface area contributed by atoms with Crippen molar-refractivity contribution in [2.75, 3.05) is 0 Å². The predicted molar refractivity (Wildman–Crippen MR) is 87.2 cm³/mol. The van der Waals surface area contributed by atoms with E-state index in [1.807, 2.05) is 0 Å². The lowest BCUT2D eigenvalue weighted by molar-refractivity contribution is -0.136. The predicted octanol–water partition coefficient (Wildman–Crippen LogP) is 3.38. The number of nitrogens with zero attached hydrogens (tertiary/aromatic N) is 1. The molecule has 0 aliphatic heterocycles. The van der Waals surface area contributed by atoms with Crippen LogP contribution >= 0.6 is 11.6 Å². The second kappa shape index (κ2) is 5.85. The van der Waals surface area contributed by atoms with E-state index in [0.717, 1.165) is 0 Å². The van der Waals surface area contributed by atoms with Gasteiger partial charge in [-0.25, -0.2) is 0 Å². The molecule has 3 rings (SSSR count). The van der Waals surface area contributed by atoms with Crippen molar-refractivity contribution in [2.45, 2.75) is 13.0 Å². The number of fused-ring (bicyclic) bond motifs is 1. The smallest absolute Gasteiger partial charge is 0.307 e. The van der Waals surface area contributed by atoms with Crippen molar-refractivity contribution in [3.63, 3.8) is 0 Å². The van der Waals surface area contributed by atoms with Crippen LogP contribution in [-0.4, -0.2) is 25.9 Å². The number of hydrogen-bond acceptors (Lipinski definition) is 3. The van der Waals surface area contributed by atoms with Crippen LogP contribution in [0, 0.1) is 0 Å². The Balaban J connectivity index is 2.21. The number of rotatable bonds is 4. The van der Waals surface area contributed by atoms with E-state index in [4.69, 9.17) is 16.7 Å². The molecule has 0 radical (unpaired) electrons. The average Bonchev–Trinajstić information content (AvgIpc) is 2.76. The molecular formula is C17H14ClNO4. The van der Waals surface area contributed by atoms with Gasteiger partial charge in [-0.3, -0.25) is 4.79 Å². The summed E-state index contributed by atoms with van der Waals surface area (Å²) in [6.45, 7) is 0.269. The van der Waals surface area contributed by atoms with Gasteiger partial charge in [-0.1, -0.05) is 35.9 Å². The first kappa shape index (κ1) is 15.2.